The Morgan fingerprint density at radius 2 is 2.31 bits per heavy atom. The van der Waals surface area contributed by atoms with Crippen LogP contribution in [0.1, 0.15) is 12.2 Å². The summed E-state index contributed by atoms with van der Waals surface area (Å²) in [6, 6.07) is 2.00. The molecule has 5 nitrogen and oxygen atoms in total. The van der Waals surface area contributed by atoms with Crippen LogP contribution in [0.3, 0.4) is 0 Å². The molecule has 6 heteroatoms. The summed E-state index contributed by atoms with van der Waals surface area (Å²) in [4.78, 5) is 8.14. The molecule has 0 aliphatic heterocycles. The minimum Gasteiger partial charge on any atom is -0.384 e. The van der Waals surface area contributed by atoms with Gasteiger partial charge >= 0.3 is 0 Å². The lowest BCUT2D eigenvalue weighted by molar-refractivity contribution is 0.805. The number of aromatic amines is 1. The van der Waals surface area contributed by atoms with Gasteiger partial charge < -0.3 is 5.32 Å². The Kier molecular flexibility index (Phi) is 3.87. The van der Waals surface area contributed by atoms with Crippen molar-refractivity contribution >= 4 is 21.6 Å². The number of aryl methyl sites for hydroxylation is 1. The van der Waals surface area contributed by atoms with E-state index in [4.69, 9.17) is 0 Å². The van der Waals surface area contributed by atoms with E-state index in [0.717, 1.165) is 35.4 Å². The summed E-state index contributed by atoms with van der Waals surface area (Å²) in [5.74, 6) is 0.925. The average Bonchev–Trinajstić information content (AvgIpc) is 2.77. The van der Waals surface area contributed by atoms with Crippen LogP contribution >= 0.6 is 15.9 Å². The average molecular weight is 282 g/mol. The fraction of sp³-hybridized carbons (Fsp3) is 0.300. The molecule has 0 radical (unpaired) electrons. The van der Waals surface area contributed by atoms with Crippen LogP contribution < -0.4 is 5.32 Å². The summed E-state index contributed by atoms with van der Waals surface area (Å²) in [6.07, 6.45) is 7.00. The topological polar surface area (TPSA) is 66.5 Å². The van der Waals surface area contributed by atoms with Crippen molar-refractivity contribution in [2.24, 2.45) is 0 Å². The van der Waals surface area contributed by atoms with Gasteiger partial charge in [-0.3, -0.25) is 10.1 Å². The van der Waals surface area contributed by atoms with Gasteiger partial charge in [0.25, 0.3) is 0 Å². The van der Waals surface area contributed by atoms with Crippen LogP contribution in [-0.2, 0) is 6.42 Å². The smallest absolute Gasteiger partial charge is 0.137 e. The van der Waals surface area contributed by atoms with E-state index in [1.54, 1.807) is 12.4 Å². The van der Waals surface area contributed by atoms with Crippen LogP contribution in [-0.4, -0.2) is 26.7 Å². The maximum Gasteiger partial charge on any atom is 0.137 e. The number of rotatable bonds is 5. The fourth-order valence-electron chi connectivity index (χ4n) is 1.35. The summed E-state index contributed by atoms with van der Waals surface area (Å²) >= 11 is 3.38. The summed E-state index contributed by atoms with van der Waals surface area (Å²) in [5, 5.41) is 9.93. The predicted molar refractivity (Wildman–Crippen MR) is 65.1 cm³/mol. The third-order valence-electron chi connectivity index (χ3n) is 2.09. The van der Waals surface area contributed by atoms with Gasteiger partial charge in [-0.1, -0.05) is 0 Å². The van der Waals surface area contributed by atoms with Crippen molar-refractivity contribution in [3.63, 3.8) is 0 Å². The summed E-state index contributed by atoms with van der Waals surface area (Å²) in [6.45, 7) is 0.888. The standard InChI is InChI=1S/C10H12BrN5/c11-8-4-9(6-12-5-8)13-3-1-2-10-14-7-15-16-10/h4-7,13H,1-3H2,(H,14,15,16). The largest absolute Gasteiger partial charge is 0.384 e. The van der Waals surface area contributed by atoms with Crippen molar-refractivity contribution in [1.29, 1.82) is 0 Å². The van der Waals surface area contributed by atoms with E-state index < -0.39 is 0 Å². The molecular weight excluding hydrogens is 270 g/mol. The van der Waals surface area contributed by atoms with Gasteiger partial charge in [0.1, 0.15) is 12.2 Å². The van der Waals surface area contributed by atoms with Crippen LogP contribution in [0.5, 0.6) is 0 Å². The predicted octanol–water partition coefficient (Wildman–Crippen LogP) is 2.01. The second-order valence-electron chi connectivity index (χ2n) is 3.35. The number of halogens is 1. The molecule has 0 aliphatic rings. The minimum absolute atomic E-state index is 0.888. The van der Waals surface area contributed by atoms with Crippen LogP contribution in [0.25, 0.3) is 0 Å². The molecule has 0 aromatic carbocycles. The highest BCUT2D eigenvalue weighted by molar-refractivity contribution is 9.10. The van der Waals surface area contributed by atoms with Crippen molar-refractivity contribution in [2.45, 2.75) is 12.8 Å². The molecule has 84 valence electrons. The van der Waals surface area contributed by atoms with Gasteiger partial charge in [0.2, 0.25) is 0 Å². The Balaban J connectivity index is 1.72. The second kappa shape index (κ2) is 5.60. The number of hydrogen-bond donors (Lipinski definition) is 2. The molecule has 2 heterocycles. The van der Waals surface area contributed by atoms with Crippen molar-refractivity contribution in [1.82, 2.24) is 20.2 Å². The van der Waals surface area contributed by atoms with Crippen molar-refractivity contribution in [2.75, 3.05) is 11.9 Å². The molecule has 0 saturated heterocycles. The molecule has 16 heavy (non-hydrogen) atoms. The SMILES string of the molecule is Brc1cncc(NCCCc2ncn[nH]2)c1. The summed E-state index contributed by atoms with van der Waals surface area (Å²) in [7, 11) is 0. The minimum atomic E-state index is 0.888. The Hall–Kier alpha value is -1.43. The number of nitrogens with zero attached hydrogens (tertiary/aromatic N) is 3. The monoisotopic (exact) mass is 281 g/mol. The molecule has 2 aromatic heterocycles. The maximum atomic E-state index is 4.07. The first kappa shape index (κ1) is 11.1. The van der Waals surface area contributed by atoms with Gasteiger partial charge in [-0.2, -0.15) is 5.10 Å². The molecule has 0 unspecified atom stereocenters. The molecule has 0 aliphatic carbocycles. The van der Waals surface area contributed by atoms with Crippen molar-refractivity contribution in [3.05, 3.63) is 35.1 Å². The molecular formula is C10H12BrN5. The molecule has 2 rings (SSSR count). The summed E-state index contributed by atoms with van der Waals surface area (Å²) < 4.78 is 0.979. The van der Waals surface area contributed by atoms with Crippen LogP contribution in [0.2, 0.25) is 0 Å². The Bertz CT molecular complexity index is 429. The summed E-state index contributed by atoms with van der Waals surface area (Å²) in [5.41, 5.74) is 1.02. The van der Waals surface area contributed by atoms with Gasteiger partial charge in [0.05, 0.1) is 11.9 Å². The second-order valence-corrected chi connectivity index (χ2v) is 4.27. The fourth-order valence-corrected chi connectivity index (χ4v) is 1.71. The van der Waals surface area contributed by atoms with E-state index in [1.165, 1.54) is 6.33 Å². The zero-order chi connectivity index (χ0) is 11.2. The van der Waals surface area contributed by atoms with Gasteiger partial charge in [-0.05, 0) is 28.4 Å². The number of aromatic nitrogens is 4. The lowest BCUT2D eigenvalue weighted by atomic mass is 10.3. The Morgan fingerprint density at radius 1 is 1.38 bits per heavy atom. The van der Waals surface area contributed by atoms with Gasteiger partial charge in [0, 0.05) is 23.6 Å². The zero-order valence-corrected chi connectivity index (χ0v) is 10.2. The van der Waals surface area contributed by atoms with Crippen LogP contribution in [0.4, 0.5) is 5.69 Å². The number of anilines is 1. The Morgan fingerprint density at radius 3 is 3.06 bits per heavy atom. The zero-order valence-electron chi connectivity index (χ0n) is 8.65. The molecule has 2 aromatic rings. The number of nitrogens with one attached hydrogen (secondary N) is 2. The Labute approximate surface area is 102 Å². The van der Waals surface area contributed by atoms with E-state index in [-0.39, 0.29) is 0 Å². The van der Waals surface area contributed by atoms with Crippen molar-refractivity contribution in [3.8, 4) is 0 Å². The molecule has 0 bridgehead atoms. The van der Waals surface area contributed by atoms with Gasteiger partial charge in [-0.25, -0.2) is 4.98 Å². The molecule has 0 atom stereocenters. The van der Waals surface area contributed by atoms with E-state index in [9.17, 15) is 0 Å². The quantitative estimate of drug-likeness (QED) is 0.823. The highest BCUT2D eigenvalue weighted by Crippen LogP contribution is 2.13. The molecule has 0 spiro atoms. The molecule has 0 fully saturated rings. The number of hydrogen-bond acceptors (Lipinski definition) is 4. The maximum absolute atomic E-state index is 4.07. The van der Waals surface area contributed by atoms with E-state index in [0.29, 0.717) is 0 Å². The number of H-pyrrole nitrogens is 1. The molecule has 0 amide bonds. The van der Waals surface area contributed by atoms with Gasteiger partial charge in [0.15, 0.2) is 0 Å². The van der Waals surface area contributed by atoms with E-state index in [1.807, 2.05) is 6.07 Å². The van der Waals surface area contributed by atoms with E-state index >= 15 is 0 Å². The third kappa shape index (κ3) is 3.30. The van der Waals surface area contributed by atoms with Crippen molar-refractivity contribution < 1.29 is 0 Å². The van der Waals surface area contributed by atoms with E-state index in [2.05, 4.69) is 41.4 Å². The van der Waals surface area contributed by atoms with Gasteiger partial charge in [-0.15, -0.1) is 0 Å². The molecule has 2 N–H and O–H groups in total. The first-order valence-electron chi connectivity index (χ1n) is 5.03. The normalized spacial score (nSPS) is 10.3. The lowest BCUT2D eigenvalue weighted by Gasteiger charge is -2.04. The van der Waals surface area contributed by atoms with Crippen LogP contribution in [0.15, 0.2) is 29.3 Å². The first-order chi connectivity index (χ1) is 7.84. The first-order valence-corrected chi connectivity index (χ1v) is 5.82. The third-order valence-corrected chi connectivity index (χ3v) is 2.52. The number of pyridine rings is 1. The molecule has 0 saturated carbocycles. The highest BCUT2D eigenvalue weighted by atomic mass is 79.9. The van der Waals surface area contributed by atoms with Crippen LogP contribution in [0, 0.1) is 0 Å². The highest BCUT2D eigenvalue weighted by Gasteiger charge is 1.96. The lowest BCUT2D eigenvalue weighted by Crippen LogP contribution is -2.03.